The minimum atomic E-state index is -0.224. The molecule has 0 aliphatic carbocycles. The Labute approximate surface area is 177 Å². The lowest BCUT2D eigenvalue weighted by atomic mass is 10.0. The van der Waals surface area contributed by atoms with E-state index in [2.05, 4.69) is 24.1 Å². The Morgan fingerprint density at radius 1 is 1.10 bits per heavy atom. The van der Waals surface area contributed by atoms with Gasteiger partial charge in [-0.1, -0.05) is 13.8 Å². The number of H-pyrrole nitrogens is 1. The molecule has 2 N–H and O–H groups in total. The fourth-order valence-corrected chi connectivity index (χ4v) is 3.58. The zero-order chi connectivity index (χ0) is 21.8. The fraction of sp³-hybridized carbons (Fsp3) is 0.391. The molecule has 0 aliphatic heterocycles. The minimum absolute atomic E-state index is 0.224. The van der Waals surface area contributed by atoms with E-state index in [0.717, 1.165) is 35.4 Å². The van der Waals surface area contributed by atoms with Gasteiger partial charge in [-0.05, 0) is 43.2 Å². The van der Waals surface area contributed by atoms with Crippen LogP contribution in [0.15, 0.2) is 30.3 Å². The number of carbonyl (C=O) groups excluding carboxylic acids is 1. The summed E-state index contributed by atoms with van der Waals surface area (Å²) in [4.78, 5) is 23.1. The summed E-state index contributed by atoms with van der Waals surface area (Å²) >= 11 is 0. The molecular weight excluding hydrogens is 380 g/mol. The van der Waals surface area contributed by atoms with Crippen LogP contribution in [0.3, 0.4) is 0 Å². The van der Waals surface area contributed by atoms with Gasteiger partial charge >= 0.3 is 0 Å². The number of nitrogens with one attached hydrogen (secondary N) is 2. The number of rotatable bonds is 8. The predicted octanol–water partition coefficient (Wildman–Crippen LogP) is 4.80. The highest BCUT2D eigenvalue weighted by atomic mass is 16.5. The van der Waals surface area contributed by atoms with Gasteiger partial charge in [-0.25, -0.2) is 4.98 Å². The molecule has 7 nitrogen and oxygen atoms in total. The number of benzene rings is 2. The number of hydrogen-bond acceptors (Lipinski definition) is 5. The maximum atomic E-state index is 12.9. The highest BCUT2D eigenvalue weighted by Crippen LogP contribution is 2.33. The molecule has 1 amide bonds. The SMILES string of the molecule is CCC(CC)c1nc2cc(N(C)C)c(NC(=O)c3ccc(OC)c(OC)c3)cc2[nH]1. The number of aromatic nitrogens is 2. The van der Waals surface area contributed by atoms with Crippen LogP contribution < -0.4 is 19.7 Å². The maximum Gasteiger partial charge on any atom is 0.255 e. The van der Waals surface area contributed by atoms with Crippen LogP contribution in [0.5, 0.6) is 11.5 Å². The first-order valence-electron chi connectivity index (χ1n) is 10.2. The summed E-state index contributed by atoms with van der Waals surface area (Å²) in [6.07, 6.45) is 2.06. The topological polar surface area (TPSA) is 79.5 Å². The lowest BCUT2D eigenvalue weighted by molar-refractivity contribution is 0.102. The maximum absolute atomic E-state index is 12.9. The Bertz CT molecular complexity index is 1040. The first kappa shape index (κ1) is 21.5. The van der Waals surface area contributed by atoms with E-state index in [1.165, 1.54) is 0 Å². The number of imidazole rings is 1. The number of nitrogens with zero attached hydrogens (tertiary/aromatic N) is 2. The number of aromatic amines is 1. The van der Waals surface area contributed by atoms with Crippen molar-refractivity contribution in [3.8, 4) is 11.5 Å². The van der Waals surface area contributed by atoms with Gasteiger partial charge in [-0.15, -0.1) is 0 Å². The van der Waals surface area contributed by atoms with Crippen LogP contribution >= 0.6 is 0 Å². The monoisotopic (exact) mass is 410 g/mol. The smallest absolute Gasteiger partial charge is 0.255 e. The number of anilines is 2. The Morgan fingerprint density at radius 2 is 1.80 bits per heavy atom. The van der Waals surface area contributed by atoms with Crippen LogP contribution in [-0.2, 0) is 0 Å². The number of fused-ring (bicyclic) bond motifs is 1. The Morgan fingerprint density at radius 3 is 2.40 bits per heavy atom. The van der Waals surface area contributed by atoms with Gasteiger partial charge in [0.1, 0.15) is 5.82 Å². The van der Waals surface area contributed by atoms with Gasteiger partial charge in [0.25, 0.3) is 5.91 Å². The molecule has 7 heteroatoms. The standard InChI is InChI=1S/C23H30N4O3/c1-7-14(8-2)22-24-16-12-18(19(27(3)4)13-17(16)25-22)26-23(28)15-9-10-20(29-5)21(11-15)30-6/h9-14H,7-8H2,1-6H3,(H,24,25)(H,26,28). The van der Waals surface area contributed by atoms with E-state index >= 15 is 0 Å². The Balaban J connectivity index is 1.97. The third-order valence-corrected chi connectivity index (χ3v) is 5.37. The van der Waals surface area contributed by atoms with E-state index < -0.39 is 0 Å². The van der Waals surface area contributed by atoms with Crippen molar-refractivity contribution in [3.63, 3.8) is 0 Å². The van der Waals surface area contributed by atoms with Crippen molar-refractivity contribution in [2.75, 3.05) is 38.5 Å². The molecule has 3 aromatic rings. The van der Waals surface area contributed by atoms with Crippen molar-refractivity contribution in [2.45, 2.75) is 32.6 Å². The minimum Gasteiger partial charge on any atom is -0.493 e. The average molecular weight is 411 g/mol. The lowest BCUT2D eigenvalue weighted by Crippen LogP contribution is -2.17. The molecular formula is C23H30N4O3. The molecule has 30 heavy (non-hydrogen) atoms. The number of methoxy groups -OCH3 is 2. The van der Waals surface area contributed by atoms with E-state index in [1.807, 2.05) is 31.1 Å². The molecule has 0 unspecified atom stereocenters. The fourth-order valence-electron chi connectivity index (χ4n) is 3.58. The number of hydrogen-bond donors (Lipinski definition) is 2. The van der Waals surface area contributed by atoms with E-state index in [4.69, 9.17) is 14.5 Å². The molecule has 1 aromatic heterocycles. The molecule has 3 rings (SSSR count). The normalized spacial score (nSPS) is 11.0. The first-order chi connectivity index (χ1) is 14.4. The summed E-state index contributed by atoms with van der Waals surface area (Å²) in [7, 11) is 7.01. The van der Waals surface area contributed by atoms with Crippen molar-refractivity contribution in [1.29, 1.82) is 0 Å². The second-order valence-electron chi connectivity index (χ2n) is 7.44. The number of carbonyl (C=O) groups is 1. The van der Waals surface area contributed by atoms with Crippen LogP contribution in [0.2, 0.25) is 0 Å². The molecule has 0 saturated heterocycles. The summed E-state index contributed by atoms with van der Waals surface area (Å²) in [5.74, 6) is 2.25. The van der Waals surface area contributed by atoms with E-state index in [0.29, 0.717) is 28.7 Å². The van der Waals surface area contributed by atoms with Gasteiger partial charge < -0.3 is 24.7 Å². The molecule has 0 saturated carbocycles. The molecule has 0 radical (unpaired) electrons. The number of amides is 1. The summed E-state index contributed by atoms with van der Waals surface area (Å²) in [6.45, 7) is 4.34. The summed E-state index contributed by atoms with van der Waals surface area (Å²) in [6, 6.07) is 9.06. The van der Waals surface area contributed by atoms with Gasteiger partial charge in [0, 0.05) is 25.6 Å². The molecule has 0 bridgehead atoms. The molecule has 0 atom stereocenters. The van der Waals surface area contributed by atoms with E-state index in [9.17, 15) is 4.79 Å². The molecule has 2 aromatic carbocycles. The summed E-state index contributed by atoms with van der Waals surface area (Å²) < 4.78 is 10.6. The van der Waals surface area contributed by atoms with Crippen LogP contribution in [0, 0.1) is 0 Å². The lowest BCUT2D eigenvalue weighted by Gasteiger charge is -2.18. The second kappa shape index (κ2) is 9.07. The average Bonchev–Trinajstić information content (AvgIpc) is 3.15. The predicted molar refractivity (Wildman–Crippen MR) is 121 cm³/mol. The van der Waals surface area contributed by atoms with Crippen LogP contribution in [-0.4, -0.2) is 44.2 Å². The van der Waals surface area contributed by atoms with Crippen LogP contribution in [0.4, 0.5) is 11.4 Å². The summed E-state index contributed by atoms with van der Waals surface area (Å²) in [5, 5.41) is 3.03. The van der Waals surface area contributed by atoms with Crippen molar-refractivity contribution in [1.82, 2.24) is 9.97 Å². The highest BCUT2D eigenvalue weighted by molar-refractivity contribution is 6.07. The zero-order valence-electron chi connectivity index (χ0n) is 18.5. The number of ether oxygens (including phenoxy) is 2. The third kappa shape index (κ3) is 4.20. The third-order valence-electron chi connectivity index (χ3n) is 5.37. The van der Waals surface area contributed by atoms with E-state index in [1.54, 1.807) is 32.4 Å². The quantitative estimate of drug-likeness (QED) is 0.557. The van der Waals surface area contributed by atoms with Gasteiger partial charge in [-0.3, -0.25) is 4.79 Å². The van der Waals surface area contributed by atoms with Crippen molar-refractivity contribution >= 4 is 28.3 Å². The van der Waals surface area contributed by atoms with E-state index in [-0.39, 0.29) is 5.91 Å². The Kier molecular flexibility index (Phi) is 6.50. The van der Waals surface area contributed by atoms with Gasteiger partial charge in [-0.2, -0.15) is 0 Å². The Hall–Kier alpha value is -3.22. The van der Waals surface area contributed by atoms with Gasteiger partial charge in [0.05, 0.1) is 36.6 Å². The van der Waals surface area contributed by atoms with Gasteiger partial charge in [0.15, 0.2) is 11.5 Å². The molecule has 160 valence electrons. The van der Waals surface area contributed by atoms with Crippen LogP contribution in [0.25, 0.3) is 11.0 Å². The second-order valence-corrected chi connectivity index (χ2v) is 7.44. The molecule has 0 spiro atoms. The largest absolute Gasteiger partial charge is 0.493 e. The summed E-state index contributed by atoms with van der Waals surface area (Å²) in [5.41, 5.74) is 3.89. The molecule has 1 heterocycles. The van der Waals surface area contributed by atoms with Crippen molar-refractivity contribution in [3.05, 3.63) is 41.7 Å². The zero-order valence-corrected chi connectivity index (χ0v) is 18.5. The molecule has 0 aliphatic rings. The van der Waals surface area contributed by atoms with Gasteiger partial charge in [0.2, 0.25) is 0 Å². The van der Waals surface area contributed by atoms with Crippen LogP contribution in [0.1, 0.15) is 48.8 Å². The first-order valence-corrected chi connectivity index (χ1v) is 10.2. The van der Waals surface area contributed by atoms with Crippen molar-refractivity contribution in [2.24, 2.45) is 0 Å². The molecule has 0 fully saturated rings. The van der Waals surface area contributed by atoms with Crippen molar-refractivity contribution < 1.29 is 14.3 Å². The highest BCUT2D eigenvalue weighted by Gasteiger charge is 2.17.